The Balaban J connectivity index is 1.83. The molecule has 0 radical (unpaired) electrons. The van der Waals surface area contributed by atoms with Crippen LogP contribution in [0, 0.1) is 0 Å². The Bertz CT molecular complexity index is 1580. The molecule has 5 rings (SSSR count). The molecule has 7 heteroatoms. The Morgan fingerprint density at radius 2 is 1.58 bits per heavy atom. The second-order valence-electron chi connectivity index (χ2n) is 7.11. The highest BCUT2D eigenvalue weighted by Gasteiger charge is 2.24. The lowest BCUT2D eigenvalue weighted by Crippen LogP contribution is -2.14. The summed E-state index contributed by atoms with van der Waals surface area (Å²) in [6, 6.07) is 22.6. The zero-order chi connectivity index (χ0) is 21.6. The van der Waals surface area contributed by atoms with Gasteiger partial charge in [0.05, 0.1) is 22.9 Å². The van der Waals surface area contributed by atoms with E-state index < -0.39 is 10.0 Å². The first-order valence-corrected chi connectivity index (χ1v) is 11.1. The van der Waals surface area contributed by atoms with Gasteiger partial charge in [-0.05, 0) is 47.5 Å². The summed E-state index contributed by atoms with van der Waals surface area (Å²) in [5.41, 5.74) is 2.25. The molecule has 0 unspecified atom stereocenters. The standard InChI is InChI=1S/C24H18N2O4S/c1-30-18-10-7-16(8-11-18)17-9-12-21-20(15-17)23-22(27)13-14-25-24(23)26(21)31(28,29)19-5-3-2-4-6-19/h2-15H,1H3,(H,25,27). The van der Waals surface area contributed by atoms with Crippen molar-refractivity contribution in [3.63, 3.8) is 0 Å². The number of nitrogens with zero attached hydrogens (tertiary/aromatic N) is 1. The van der Waals surface area contributed by atoms with Crippen molar-refractivity contribution in [1.82, 2.24) is 8.96 Å². The molecule has 0 aliphatic heterocycles. The number of aromatic nitrogens is 2. The van der Waals surface area contributed by atoms with Crippen LogP contribution in [0.2, 0.25) is 0 Å². The van der Waals surface area contributed by atoms with E-state index in [0.717, 1.165) is 16.9 Å². The summed E-state index contributed by atoms with van der Waals surface area (Å²) < 4.78 is 33.4. The van der Waals surface area contributed by atoms with Crippen molar-refractivity contribution in [3.05, 3.63) is 95.3 Å². The molecule has 0 aliphatic rings. The third kappa shape index (κ3) is 3.02. The molecule has 2 aromatic heterocycles. The van der Waals surface area contributed by atoms with Crippen LogP contribution in [0.25, 0.3) is 33.1 Å². The summed E-state index contributed by atoms with van der Waals surface area (Å²) in [5.74, 6) is 0.742. The highest BCUT2D eigenvalue weighted by molar-refractivity contribution is 7.90. The Morgan fingerprint density at radius 1 is 0.871 bits per heavy atom. The van der Waals surface area contributed by atoms with E-state index in [-0.39, 0.29) is 16.0 Å². The number of benzene rings is 3. The SMILES string of the molecule is COc1ccc(-c2ccc3c(c2)c2c(=O)cc[nH]c2n3S(=O)(=O)c2ccccc2)cc1. The average Bonchev–Trinajstić information content (AvgIpc) is 3.15. The second-order valence-corrected chi connectivity index (χ2v) is 8.90. The minimum atomic E-state index is -3.92. The predicted molar refractivity (Wildman–Crippen MR) is 121 cm³/mol. The third-order valence-corrected chi connectivity index (χ3v) is 7.06. The number of ether oxygens (including phenoxy) is 1. The van der Waals surface area contributed by atoms with Crippen LogP contribution in [0.5, 0.6) is 5.75 Å². The van der Waals surface area contributed by atoms with E-state index in [2.05, 4.69) is 4.98 Å². The number of fused-ring (bicyclic) bond motifs is 3. The number of rotatable bonds is 4. The first kappa shape index (κ1) is 19.1. The van der Waals surface area contributed by atoms with Crippen LogP contribution in [-0.4, -0.2) is 24.5 Å². The van der Waals surface area contributed by atoms with E-state index in [1.807, 2.05) is 36.4 Å². The van der Waals surface area contributed by atoms with Crippen LogP contribution in [-0.2, 0) is 10.0 Å². The monoisotopic (exact) mass is 430 g/mol. The van der Waals surface area contributed by atoms with E-state index in [0.29, 0.717) is 16.3 Å². The van der Waals surface area contributed by atoms with Crippen LogP contribution in [0.1, 0.15) is 0 Å². The zero-order valence-corrected chi connectivity index (χ0v) is 17.4. The minimum absolute atomic E-state index is 0.151. The van der Waals surface area contributed by atoms with Crippen molar-refractivity contribution < 1.29 is 13.2 Å². The van der Waals surface area contributed by atoms with E-state index in [1.54, 1.807) is 43.5 Å². The smallest absolute Gasteiger partial charge is 0.269 e. The van der Waals surface area contributed by atoms with Crippen molar-refractivity contribution in [2.24, 2.45) is 0 Å². The molecule has 0 spiro atoms. The van der Waals surface area contributed by atoms with Gasteiger partial charge in [0.15, 0.2) is 5.43 Å². The Labute approximate surface area is 178 Å². The van der Waals surface area contributed by atoms with Crippen molar-refractivity contribution in [2.75, 3.05) is 7.11 Å². The van der Waals surface area contributed by atoms with Crippen LogP contribution >= 0.6 is 0 Å². The summed E-state index contributed by atoms with van der Waals surface area (Å²) in [6.45, 7) is 0. The van der Waals surface area contributed by atoms with Crippen LogP contribution in [0.3, 0.4) is 0 Å². The van der Waals surface area contributed by atoms with E-state index in [4.69, 9.17) is 4.74 Å². The van der Waals surface area contributed by atoms with E-state index in [1.165, 1.54) is 16.2 Å². The predicted octanol–water partition coefficient (Wildman–Crippen LogP) is 4.40. The van der Waals surface area contributed by atoms with Crippen LogP contribution in [0.4, 0.5) is 0 Å². The van der Waals surface area contributed by atoms with Crippen LogP contribution in [0.15, 0.2) is 94.7 Å². The number of H-pyrrole nitrogens is 1. The summed E-state index contributed by atoms with van der Waals surface area (Å²) in [4.78, 5) is 15.9. The number of hydrogen-bond donors (Lipinski definition) is 1. The van der Waals surface area contributed by atoms with Gasteiger partial charge in [0.25, 0.3) is 10.0 Å². The zero-order valence-electron chi connectivity index (χ0n) is 16.6. The second kappa shape index (κ2) is 7.14. The van der Waals surface area contributed by atoms with Gasteiger partial charge in [-0.2, -0.15) is 0 Å². The molecule has 3 aromatic carbocycles. The number of methoxy groups -OCH3 is 1. The van der Waals surface area contributed by atoms with Crippen molar-refractivity contribution in [2.45, 2.75) is 4.90 Å². The molecule has 0 atom stereocenters. The fraction of sp³-hybridized carbons (Fsp3) is 0.0417. The topological polar surface area (TPSA) is 81.2 Å². The van der Waals surface area contributed by atoms with Crippen molar-refractivity contribution >= 4 is 32.0 Å². The molecule has 0 aliphatic carbocycles. The minimum Gasteiger partial charge on any atom is -0.497 e. The number of nitrogens with one attached hydrogen (secondary N) is 1. The lowest BCUT2D eigenvalue weighted by atomic mass is 10.0. The first-order chi connectivity index (χ1) is 15.0. The molecule has 0 fully saturated rings. The summed E-state index contributed by atoms with van der Waals surface area (Å²) >= 11 is 0. The van der Waals surface area contributed by atoms with Gasteiger partial charge in [0.2, 0.25) is 0 Å². The molecule has 154 valence electrons. The van der Waals surface area contributed by atoms with Gasteiger partial charge >= 0.3 is 0 Å². The van der Waals surface area contributed by atoms with Gasteiger partial charge in [-0.25, -0.2) is 12.4 Å². The molecule has 0 saturated heterocycles. The quantitative estimate of drug-likeness (QED) is 0.458. The maximum absolute atomic E-state index is 13.5. The molecule has 2 heterocycles. The normalized spacial score (nSPS) is 11.8. The number of hydrogen-bond acceptors (Lipinski definition) is 4. The number of aromatic amines is 1. The Morgan fingerprint density at radius 3 is 2.29 bits per heavy atom. The molecule has 1 N–H and O–H groups in total. The number of pyridine rings is 1. The highest BCUT2D eigenvalue weighted by Crippen LogP contribution is 2.33. The summed E-state index contributed by atoms with van der Waals surface area (Å²) in [5, 5.41) is 0.914. The lowest BCUT2D eigenvalue weighted by molar-refractivity contribution is 0.415. The van der Waals surface area contributed by atoms with Gasteiger partial charge in [-0.1, -0.05) is 36.4 Å². The molecule has 5 aromatic rings. The summed E-state index contributed by atoms with van der Waals surface area (Å²) in [7, 11) is -2.32. The fourth-order valence-corrected chi connectivity index (χ4v) is 5.35. The van der Waals surface area contributed by atoms with Crippen LogP contribution < -0.4 is 10.2 Å². The average molecular weight is 430 g/mol. The highest BCUT2D eigenvalue weighted by atomic mass is 32.2. The van der Waals surface area contributed by atoms with E-state index >= 15 is 0 Å². The first-order valence-electron chi connectivity index (χ1n) is 9.61. The maximum Gasteiger partial charge on any atom is 0.269 e. The van der Waals surface area contributed by atoms with Gasteiger partial charge in [-0.3, -0.25) is 4.79 Å². The van der Waals surface area contributed by atoms with Gasteiger partial charge < -0.3 is 9.72 Å². The van der Waals surface area contributed by atoms with Crippen molar-refractivity contribution in [3.8, 4) is 16.9 Å². The Kier molecular flexibility index (Phi) is 4.41. The van der Waals surface area contributed by atoms with Gasteiger partial charge in [0, 0.05) is 17.6 Å². The lowest BCUT2D eigenvalue weighted by Gasteiger charge is -2.09. The van der Waals surface area contributed by atoms with Gasteiger partial charge in [-0.15, -0.1) is 0 Å². The summed E-state index contributed by atoms with van der Waals surface area (Å²) in [6.07, 6.45) is 1.46. The molecule has 31 heavy (non-hydrogen) atoms. The third-order valence-electron chi connectivity index (χ3n) is 5.33. The van der Waals surface area contributed by atoms with Crippen molar-refractivity contribution in [1.29, 1.82) is 0 Å². The fourth-order valence-electron chi connectivity index (χ4n) is 3.83. The maximum atomic E-state index is 13.5. The van der Waals surface area contributed by atoms with Gasteiger partial charge in [0.1, 0.15) is 11.4 Å². The largest absolute Gasteiger partial charge is 0.497 e. The van der Waals surface area contributed by atoms with E-state index in [9.17, 15) is 13.2 Å². The molecular formula is C24H18N2O4S. The molecule has 0 amide bonds. The molecule has 6 nitrogen and oxygen atoms in total. The molecular weight excluding hydrogens is 412 g/mol. The molecule has 0 bridgehead atoms. The Hall–Kier alpha value is -3.84. The molecule has 0 saturated carbocycles.